The molecule has 104 valence electrons. The minimum atomic E-state index is -0.823. The number of carbonyl (C=O) groups is 2. The Morgan fingerprint density at radius 2 is 1.89 bits per heavy atom. The third-order valence-electron chi connectivity index (χ3n) is 3.55. The van der Waals surface area contributed by atoms with Crippen LogP contribution in [0.15, 0.2) is 0 Å². The Bertz CT molecular complexity index is 297. The van der Waals surface area contributed by atoms with Crippen molar-refractivity contribution >= 4 is 12.0 Å². The first kappa shape index (κ1) is 14.8. The van der Waals surface area contributed by atoms with E-state index in [1.807, 2.05) is 11.8 Å². The van der Waals surface area contributed by atoms with Crippen molar-refractivity contribution in [2.75, 3.05) is 6.54 Å². The van der Waals surface area contributed by atoms with Crippen LogP contribution < -0.4 is 5.32 Å². The minimum Gasteiger partial charge on any atom is -0.481 e. The lowest BCUT2D eigenvalue weighted by Crippen LogP contribution is -2.52. The zero-order chi connectivity index (χ0) is 13.7. The van der Waals surface area contributed by atoms with E-state index in [0.29, 0.717) is 6.54 Å². The van der Waals surface area contributed by atoms with Gasteiger partial charge in [-0.1, -0.05) is 6.92 Å². The average Bonchev–Trinajstić information content (AvgIpc) is 2.25. The van der Waals surface area contributed by atoms with E-state index in [1.54, 1.807) is 0 Å². The number of carboxylic acids is 1. The highest BCUT2D eigenvalue weighted by Gasteiger charge is 2.28. The molecule has 0 aliphatic carbocycles. The molecule has 1 unspecified atom stereocenters. The SMILES string of the molecule is CC(CNC(=O)N1[C@H](C)CCC[C@@H]1C)CC(=O)O. The van der Waals surface area contributed by atoms with Gasteiger partial charge in [0.15, 0.2) is 0 Å². The van der Waals surface area contributed by atoms with E-state index < -0.39 is 5.97 Å². The van der Waals surface area contributed by atoms with Crippen molar-refractivity contribution in [1.82, 2.24) is 10.2 Å². The first-order chi connectivity index (χ1) is 8.41. The van der Waals surface area contributed by atoms with Crippen LogP contribution in [-0.2, 0) is 4.79 Å². The van der Waals surface area contributed by atoms with Gasteiger partial charge in [-0.15, -0.1) is 0 Å². The number of amides is 2. The van der Waals surface area contributed by atoms with Crippen molar-refractivity contribution in [2.45, 2.75) is 58.5 Å². The maximum absolute atomic E-state index is 12.1. The Hall–Kier alpha value is -1.26. The molecule has 0 bridgehead atoms. The van der Waals surface area contributed by atoms with Crippen LogP contribution in [0.3, 0.4) is 0 Å². The number of hydrogen-bond donors (Lipinski definition) is 2. The van der Waals surface area contributed by atoms with Gasteiger partial charge in [0, 0.05) is 25.0 Å². The van der Waals surface area contributed by atoms with Gasteiger partial charge in [0.05, 0.1) is 0 Å². The molecule has 1 fully saturated rings. The number of urea groups is 1. The predicted octanol–water partition coefficient (Wildman–Crippen LogP) is 2.07. The molecule has 2 N–H and O–H groups in total. The van der Waals surface area contributed by atoms with Crippen molar-refractivity contribution in [2.24, 2.45) is 5.92 Å². The number of likely N-dealkylation sites (tertiary alicyclic amines) is 1. The molecule has 1 saturated heterocycles. The van der Waals surface area contributed by atoms with Crippen molar-refractivity contribution < 1.29 is 14.7 Å². The third kappa shape index (κ3) is 4.20. The second-order valence-corrected chi connectivity index (χ2v) is 5.43. The summed E-state index contributed by atoms with van der Waals surface area (Å²) in [6, 6.07) is 0.471. The van der Waals surface area contributed by atoms with Crippen molar-refractivity contribution in [3.05, 3.63) is 0 Å². The van der Waals surface area contributed by atoms with Crippen LogP contribution in [0.2, 0.25) is 0 Å². The minimum absolute atomic E-state index is 0.0400. The fourth-order valence-electron chi connectivity index (χ4n) is 2.54. The molecule has 0 aromatic rings. The molecule has 0 saturated carbocycles. The molecule has 2 amide bonds. The summed E-state index contributed by atoms with van der Waals surface area (Å²) in [6.07, 6.45) is 3.35. The lowest BCUT2D eigenvalue weighted by atomic mass is 9.98. The molecule has 1 heterocycles. The highest BCUT2D eigenvalue weighted by Crippen LogP contribution is 2.22. The number of nitrogens with one attached hydrogen (secondary N) is 1. The van der Waals surface area contributed by atoms with Crippen LogP contribution in [0.5, 0.6) is 0 Å². The summed E-state index contributed by atoms with van der Waals surface area (Å²) in [5.41, 5.74) is 0. The summed E-state index contributed by atoms with van der Waals surface area (Å²) < 4.78 is 0. The third-order valence-corrected chi connectivity index (χ3v) is 3.55. The summed E-state index contributed by atoms with van der Waals surface area (Å²) in [4.78, 5) is 24.5. The Kier molecular flexibility index (Phi) is 5.44. The molecule has 0 spiro atoms. The van der Waals surface area contributed by atoms with Crippen molar-refractivity contribution in [1.29, 1.82) is 0 Å². The lowest BCUT2D eigenvalue weighted by Gasteiger charge is -2.39. The summed E-state index contributed by atoms with van der Waals surface area (Å²) in [5.74, 6) is -0.863. The number of nitrogens with zero attached hydrogens (tertiary/aromatic N) is 1. The summed E-state index contributed by atoms with van der Waals surface area (Å²) in [7, 11) is 0. The zero-order valence-electron chi connectivity index (χ0n) is 11.5. The van der Waals surface area contributed by atoms with E-state index >= 15 is 0 Å². The Labute approximate surface area is 109 Å². The summed E-state index contributed by atoms with van der Waals surface area (Å²) in [6.45, 7) is 6.38. The first-order valence-electron chi connectivity index (χ1n) is 6.69. The maximum Gasteiger partial charge on any atom is 0.317 e. The molecule has 5 heteroatoms. The van der Waals surface area contributed by atoms with Crippen molar-refractivity contribution in [3.63, 3.8) is 0 Å². The van der Waals surface area contributed by atoms with Crippen LogP contribution >= 0.6 is 0 Å². The molecule has 1 aliphatic rings. The monoisotopic (exact) mass is 256 g/mol. The number of hydrogen-bond acceptors (Lipinski definition) is 2. The molecule has 0 aromatic heterocycles. The lowest BCUT2D eigenvalue weighted by molar-refractivity contribution is -0.137. The Morgan fingerprint density at radius 3 is 2.39 bits per heavy atom. The van der Waals surface area contributed by atoms with Gasteiger partial charge in [-0.3, -0.25) is 4.79 Å². The topological polar surface area (TPSA) is 69.6 Å². The van der Waals surface area contributed by atoms with Gasteiger partial charge < -0.3 is 15.3 Å². The van der Waals surface area contributed by atoms with Crippen molar-refractivity contribution in [3.8, 4) is 0 Å². The van der Waals surface area contributed by atoms with Gasteiger partial charge in [0.1, 0.15) is 0 Å². The first-order valence-corrected chi connectivity index (χ1v) is 6.69. The number of carboxylic acid groups (broad SMARTS) is 1. The second-order valence-electron chi connectivity index (χ2n) is 5.43. The summed E-state index contributed by atoms with van der Waals surface area (Å²) >= 11 is 0. The van der Waals surface area contributed by atoms with Gasteiger partial charge >= 0.3 is 12.0 Å². The highest BCUT2D eigenvalue weighted by atomic mass is 16.4. The molecular weight excluding hydrogens is 232 g/mol. The molecule has 0 aromatic carbocycles. The molecule has 1 rings (SSSR count). The standard InChI is InChI=1S/C13H24N2O3/c1-9(7-12(16)17)8-14-13(18)15-10(2)5-4-6-11(15)3/h9-11H,4-8H2,1-3H3,(H,14,18)(H,16,17)/t9?,10-,11+. The number of rotatable bonds is 4. The Balaban J connectivity index is 2.41. The number of carbonyl (C=O) groups excluding carboxylic acids is 1. The second kappa shape index (κ2) is 6.61. The van der Waals surface area contributed by atoms with Gasteiger partial charge in [-0.2, -0.15) is 0 Å². The van der Waals surface area contributed by atoms with Gasteiger partial charge in [-0.05, 0) is 39.0 Å². The zero-order valence-corrected chi connectivity index (χ0v) is 11.5. The predicted molar refractivity (Wildman–Crippen MR) is 69.4 cm³/mol. The normalized spacial score (nSPS) is 25.6. The van der Waals surface area contributed by atoms with Crippen LogP contribution in [0.1, 0.15) is 46.5 Å². The van der Waals surface area contributed by atoms with E-state index in [4.69, 9.17) is 5.11 Å². The van der Waals surface area contributed by atoms with E-state index in [0.717, 1.165) is 12.8 Å². The number of piperidine rings is 1. The smallest absolute Gasteiger partial charge is 0.317 e. The van der Waals surface area contributed by atoms with Gasteiger partial charge in [-0.25, -0.2) is 4.79 Å². The van der Waals surface area contributed by atoms with E-state index in [-0.39, 0.29) is 30.5 Å². The molecule has 3 atom stereocenters. The van der Waals surface area contributed by atoms with Crippen LogP contribution in [0.4, 0.5) is 4.79 Å². The molecule has 5 nitrogen and oxygen atoms in total. The molecule has 1 aliphatic heterocycles. The van der Waals surface area contributed by atoms with E-state index in [1.165, 1.54) is 6.42 Å². The van der Waals surface area contributed by atoms with Crippen LogP contribution in [-0.4, -0.2) is 40.6 Å². The highest BCUT2D eigenvalue weighted by molar-refractivity contribution is 5.75. The largest absolute Gasteiger partial charge is 0.481 e. The quantitative estimate of drug-likeness (QED) is 0.809. The van der Waals surface area contributed by atoms with Gasteiger partial charge in [0.25, 0.3) is 0 Å². The van der Waals surface area contributed by atoms with E-state index in [9.17, 15) is 9.59 Å². The maximum atomic E-state index is 12.1. The van der Waals surface area contributed by atoms with E-state index in [2.05, 4.69) is 19.2 Å². The fraction of sp³-hybridized carbons (Fsp3) is 0.846. The number of aliphatic carboxylic acids is 1. The van der Waals surface area contributed by atoms with Gasteiger partial charge in [0.2, 0.25) is 0 Å². The fourth-order valence-corrected chi connectivity index (χ4v) is 2.54. The molecule has 0 radical (unpaired) electrons. The molecule has 18 heavy (non-hydrogen) atoms. The van der Waals surface area contributed by atoms with Crippen LogP contribution in [0, 0.1) is 5.92 Å². The summed E-state index contributed by atoms with van der Waals surface area (Å²) in [5, 5.41) is 11.5. The average molecular weight is 256 g/mol. The Morgan fingerprint density at radius 1 is 1.33 bits per heavy atom. The molecular formula is C13H24N2O3. The van der Waals surface area contributed by atoms with Crippen LogP contribution in [0.25, 0.3) is 0 Å².